The van der Waals surface area contributed by atoms with Gasteiger partial charge in [-0.25, -0.2) is 14.0 Å². The summed E-state index contributed by atoms with van der Waals surface area (Å²) in [5.74, 6) is -2.45. The van der Waals surface area contributed by atoms with Gasteiger partial charge in [-0.05, 0) is 80.2 Å². The van der Waals surface area contributed by atoms with Crippen LogP contribution < -0.4 is 10.1 Å². The van der Waals surface area contributed by atoms with Crippen molar-refractivity contribution in [2.75, 3.05) is 13.2 Å². The summed E-state index contributed by atoms with van der Waals surface area (Å²) in [6.45, 7) is 2.37. The van der Waals surface area contributed by atoms with Crippen LogP contribution in [0.2, 0.25) is 0 Å². The third kappa shape index (κ3) is 5.70. The lowest BCUT2D eigenvalue weighted by atomic mass is 9.45. The van der Waals surface area contributed by atoms with Crippen LogP contribution in [-0.2, 0) is 30.6 Å². The van der Waals surface area contributed by atoms with Crippen molar-refractivity contribution in [2.45, 2.75) is 64.3 Å². The van der Waals surface area contributed by atoms with Gasteiger partial charge in [-0.3, -0.25) is 24.8 Å². The number of aliphatic hydroxyl groups excluding tert-OH is 1. The molecular weight excluding hydrogens is 579 g/mol. The minimum Gasteiger partial charge on any atom is -0.456 e. The van der Waals surface area contributed by atoms with E-state index in [0.29, 0.717) is 36.8 Å². The molecule has 0 aliphatic heterocycles. The Bertz CT molecular complexity index is 1400. The summed E-state index contributed by atoms with van der Waals surface area (Å²) < 4.78 is 27.4. The molecule has 1 aromatic carbocycles. The Hall–Kier alpha value is -3.49. The molecule has 0 saturated heterocycles. The molecule has 3 fully saturated rings. The molecule has 1 aromatic rings. The number of nitrogens with zero attached hydrogens (tertiary/aromatic N) is 1. The van der Waals surface area contributed by atoms with Gasteiger partial charge >= 0.3 is 12.1 Å². The zero-order valence-electron chi connectivity index (χ0n) is 24.5. The van der Waals surface area contributed by atoms with E-state index in [1.165, 1.54) is 24.3 Å². The third-order valence-electron chi connectivity index (χ3n) is 10.2. The maximum Gasteiger partial charge on any atom is 0.413 e. The van der Waals surface area contributed by atoms with Crippen LogP contribution in [-0.4, -0.2) is 69.5 Å². The first-order valence-electron chi connectivity index (χ1n) is 14.6. The molecule has 4 aliphatic rings. The van der Waals surface area contributed by atoms with E-state index in [2.05, 4.69) is 10.2 Å². The second-order valence-electron chi connectivity index (χ2n) is 12.5. The fourth-order valence-electron chi connectivity index (χ4n) is 8.16. The van der Waals surface area contributed by atoms with E-state index in [9.17, 15) is 24.3 Å². The van der Waals surface area contributed by atoms with Gasteiger partial charge in [-0.2, -0.15) is 0 Å². The predicted octanol–water partition coefficient (Wildman–Crippen LogP) is 3.39. The second-order valence-corrected chi connectivity index (χ2v) is 12.5. The number of hydrogen-bond donors (Lipinski definition) is 4. The Morgan fingerprint density at radius 2 is 1.91 bits per heavy atom. The quantitative estimate of drug-likeness (QED) is 0.237. The Morgan fingerprint density at radius 3 is 2.66 bits per heavy atom. The summed E-state index contributed by atoms with van der Waals surface area (Å²) in [6.07, 6.45) is 4.31. The fourth-order valence-corrected chi connectivity index (χ4v) is 8.16. The van der Waals surface area contributed by atoms with Crippen LogP contribution >= 0.6 is 0 Å². The number of aliphatic hydroxyl groups is 1. The van der Waals surface area contributed by atoms with Crippen molar-refractivity contribution >= 4 is 23.6 Å². The number of rotatable bonds is 9. The van der Waals surface area contributed by atoms with Crippen molar-refractivity contribution in [1.29, 1.82) is 0 Å². The molecule has 0 aromatic heterocycles. The van der Waals surface area contributed by atoms with Crippen LogP contribution in [0.15, 0.2) is 48.1 Å². The monoisotopic (exact) mass is 616 g/mol. The first-order valence-corrected chi connectivity index (χ1v) is 14.6. The predicted molar refractivity (Wildman–Crippen MR) is 148 cm³/mol. The van der Waals surface area contributed by atoms with E-state index < -0.39 is 65.0 Å². The molecule has 4 N–H and O–H groups in total. The SMILES string of the molecule is C[C@]12C[C@H](O)C3(F)[C@@H](CCC4=CC(=O)C=C[C@@]43C)C1CCC2C(=O)COC(=O)CNC(=O)Oc1cccc(CON(O)O)c1. The Morgan fingerprint density at radius 1 is 1.14 bits per heavy atom. The molecule has 5 rings (SSSR count). The Labute approximate surface area is 253 Å². The van der Waals surface area contributed by atoms with Crippen LogP contribution in [0.3, 0.4) is 0 Å². The molecule has 7 atom stereocenters. The molecule has 0 heterocycles. The van der Waals surface area contributed by atoms with E-state index >= 15 is 4.39 Å². The molecule has 0 bridgehead atoms. The van der Waals surface area contributed by atoms with Gasteiger partial charge < -0.3 is 19.9 Å². The zero-order chi connectivity index (χ0) is 31.9. The van der Waals surface area contributed by atoms with Gasteiger partial charge in [0.05, 0.1) is 18.1 Å². The van der Waals surface area contributed by atoms with Gasteiger partial charge in [0.15, 0.2) is 17.2 Å². The molecule has 3 unspecified atom stereocenters. The van der Waals surface area contributed by atoms with Crippen LogP contribution in [0.5, 0.6) is 5.75 Å². The van der Waals surface area contributed by atoms with E-state index in [1.54, 1.807) is 25.1 Å². The highest BCUT2D eigenvalue weighted by atomic mass is 19.1. The number of fused-ring (bicyclic) bond motifs is 5. The average Bonchev–Trinajstić information content (AvgIpc) is 3.31. The highest BCUT2D eigenvalue weighted by molar-refractivity contribution is 6.01. The summed E-state index contributed by atoms with van der Waals surface area (Å²) in [7, 11) is 0. The van der Waals surface area contributed by atoms with Crippen LogP contribution in [0.4, 0.5) is 9.18 Å². The summed E-state index contributed by atoms with van der Waals surface area (Å²) in [6, 6.07) is 6.03. The second kappa shape index (κ2) is 12.1. The van der Waals surface area contributed by atoms with Crippen LogP contribution in [0, 0.1) is 28.6 Å². The van der Waals surface area contributed by atoms with Crippen LogP contribution in [0.1, 0.15) is 51.5 Å². The Kier molecular flexibility index (Phi) is 8.80. The molecular formula is C31H37FN2O10. The first kappa shape index (κ1) is 31.9. The molecule has 238 valence electrons. The average molecular weight is 617 g/mol. The molecule has 13 heteroatoms. The minimum atomic E-state index is -1.97. The van der Waals surface area contributed by atoms with Gasteiger partial charge in [-0.1, -0.05) is 30.7 Å². The molecule has 1 amide bonds. The van der Waals surface area contributed by atoms with E-state index in [0.717, 1.165) is 0 Å². The van der Waals surface area contributed by atoms with Gasteiger partial charge in [0, 0.05) is 17.3 Å². The van der Waals surface area contributed by atoms with Crippen LogP contribution in [0.25, 0.3) is 0 Å². The Balaban J connectivity index is 1.14. The number of ketones is 2. The van der Waals surface area contributed by atoms with Crippen molar-refractivity contribution in [2.24, 2.45) is 28.6 Å². The minimum absolute atomic E-state index is 0.0681. The van der Waals surface area contributed by atoms with Gasteiger partial charge in [0.25, 0.3) is 0 Å². The van der Waals surface area contributed by atoms with Crippen molar-refractivity contribution in [3.05, 3.63) is 53.6 Å². The summed E-state index contributed by atoms with van der Waals surface area (Å²) in [5, 5.41) is 30.4. The van der Waals surface area contributed by atoms with Crippen molar-refractivity contribution in [1.82, 2.24) is 10.7 Å². The lowest BCUT2D eigenvalue weighted by molar-refractivity contribution is -0.497. The first-order chi connectivity index (χ1) is 20.8. The van der Waals surface area contributed by atoms with Gasteiger partial charge in [0.2, 0.25) is 0 Å². The number of amides is 1. The molecule has 3 saturated carbocycles. The molecule has 0 radical (unpaired) electrons. The normalized spacial score (nSPS) is 34.0. The molecule has 44 heavy (non-hydrogen) atoms. The summed E-state index contributed by atoms with van der Waals surface area (Å²) in [4.78, 5) is 54.3. The van der Waals surface area contributed by atoms with Gasteiger partial charge in [0.1, 0.15) is 18.9 Å². The number of halogens is 1. The molecule has 4 aliphatic carbocycles. The number of carbonyl (C=O) groups is 4. The number of ether oxygens (including phenoxy) is 2. The van der Waals surface area contributed by atoms with Crippen molar-refractivity contribution < 1.29 is 53.4 Å². The third-order valence-corrected chi connectivity index (χ3v) is 10.2. The number of nitrogens with one attached hydrogen (secondary N) is 1. The smallest absolute Gasteiger partial charge is 0.413 e. The molecule has 12 nitrogen and oxygen atoms in total. The van der Waals surface area contributed by atoms with E-state index in [1.807, 2.05) is 6.92 Å². The fraction of sp³-hybridized carbons (Fsp3) is 0.548. The van der Waals surface area contributed by atoms with Gasteiger partial charge in [-0.15, -0.1) is 0 Å². The topological polar surface area (TPSA) is 172 Å². The summed E-state index contributed by atoms with van der Waals surface area (Å²) >= 11 is 0. The van der Waals surface area contributed by atoms with Crippen molar-refractivity contribution in [3.63, 3.8) is 0 Å². The summed E-state index contributed by atoms with van der Waals surface area (Å²) in [5.41, 5.74) is -2.60. The largest absolute Gasteiger partial charge is 0.456 e. The number of benzene rings is 1. The molecule has 0 spiro atoms. The van der Waals surface area contributed by atoms with Crippen molar-refractivity contribution in [3.8, 4) is 5.75 Å². The number of carbonyl (C=O) groups excluding carboxylic acids is 4. The number of esters is 1. The number of Topliss-reactive ketones (excluding diaryl/α,β-unsaturated/α-hetero) is 1. The lowest BCUT2D eigenvalue weighted by Crippen LogP contribution is -2.66. The lowest BCUT2D eigenvalue weighted by Gasteiger charge is -2.62. The van der Waals surface area contributed by atoms with E-state index in [4.69, 9.17) is 19.9 Å². The highest BCUT2D eigenvalue weighted by Gasteiger charge is 2.70. The number of alkyl halides is 1. The maximum atomic E-state index is 17.1. The zero-order valence-corrected chi connectivity index (χ0v) is 24.5. The highest BCUT2D eigenvalue weighted by Crippen LogP contribution is 2.68. The number of hydrogen-bond acceptors (Lipinski definition) is 11. The standard InChI is InChI=1S/C31H37FN2O10/c1-29-14-26(37)31(32)23(7-6-19-13-20(35)10-11-30(19,31)2)22(29)8-9-24(29)25(36)17-42-27(38)15-33-28(39)44-21-5-3-4-18(12-21)16-43-34(40)41/h3-5,10-13,22-24,26,37,40-41H,6-9,14-17H2,1-2H3,(H,33,39)/t22?,23-,24?,26-,29-,30-,31?/m0/s1. The maximum absolute atomic E-state index is 17.1. The number of allylic oxidation sites excluding steroid dienone is 4. The van der Waals surface area contributed by atoms with E-state index in [-0.39, 0.29) is 36.3 Å².